The molecule has 1 unspecified atom stereocenters. The molecule has 0 aromatic heterocycles. The quantitative estimate of drug-likeness (QED) is 0.576. The summed E-state index contributed by atoms with van der Waals surface area (Å²) in [6.45, 7) is 5.71. The van der Waals surface area contributed by atoms with Crippen LogP contribution in [0.25, 0.3) is 0 Å². The van der Waals surface area contributed by atoms with Crippen LogP contribution in [-0.2, 0) is 9.53 Å². The Morgan fingerprint density at radius 2 is 2.31 bits per heavy atom. The van der Waals surface area contributed by atoms with Crippen molar-refractivity contribution in [2.75, 3.05) is 0 Å². The fraction of sp³-hybridized carbons (Fsp3) is 0.545. The minimum Gasteiger partial charge on any atom is -0.487 e. The average molecular weight is 178 g/mol. The molecule has 0 bridgehead atoms. The Balaban J connectivity index is 2.27. The summed E-state index contributed by atoms with van der Waals surface area (Å²) >= 11 is 0. The van der Waals surface area contributed by atoms with Crippen molar-refractivity contribution in [3.8, 4) is 0 Å². The Labute approximate surface area is 78.3 Å². The molecule has 2 rings (SSSR count). The minimum atomic E-state index is -0.329. The van der Waals surface area contributed by atoms with E-state index in [0.717, 1.165) is 24.2 Å². The zero-order valence-corrected chi connectivity index (χ0v) is 7.93. The van der Waals surface area contributed by atoms with E-state index < -0.39 is 0 Å². The number of carbonyl (C=O) groups is 1. The summed E-state index contributed by atoms with van der Waals surface area (Å²) in [5.41, 5.74) is 0.582. The molecule has 1 aliphatic heterocycles. The molecular formula is C11H14O2. The van der Waals surface area contributed by atoms with Crippen LogP contribution in [-0.4, -0.2) is 11.4 Å². The second-order valence-electron chi connectivity index (χ2n) is 3.97. The summed E-state index contributed by atoms with van der Waals surface area (Å²) in [7, 11) is 0. The van der Waals surface area contributed by atoms with Crippen LogP contribution in [0.15, 0.2) is 24.0 Å². The molecular weight excluding hydrogens is 164 g/mol. The van der Waals surface area contributed by atoms with Crippen LogP contribution < -0.4 is 0 Å². The number of rotatable bonds is 1. The summed E-state index contributed by atoms with van der Waals surface area (Å²) in [6.07, 6.45) is 5.05. The lowest BCUT2D eigenvalue weighted by molar-refractivity contribution is -0.116. The predicted molar refractivity (Wildman–Crippen MR) is 50.2 cm³/mol. The molecule has 0 saturated carbocycles. The molecule has 2 nitrogen and oxygen atoms in total. The van der Waals surface area contributed by atoms with Crippen LogP contribution in [0.5, 0.6) is 0 Å². The second kappa shape index (κ2) is 2.72. The van der Waals surface area contributed by atoms with E-state index in [0.29, 0.717) is 12.8 Å². The number of hydrogen-bond acceptors (Lipinski definition) is 2. The highest BCUT2D eigenvalue weighted by Gasteiger charge is 2.38. The minimum absolute atomic E-state index is 0.270. The van der Waals surface area contributed by atoms with Crippen LogP contribution in [0.3, 0.4) is 0 Å². The van der Waals surface area contributed by atoms with Crippen molar-refractivity contribution in [2.45, 2.75) is 38.2 Å². The van der Waals surface area contributed by atoms with Gasteiger partial charge in [-0.1, -0.05) is 6.58 Å². The standard InChI is InChI=1S/C11H14O2/c1-3-11(2)7-8-9(12)5-4-6-10(8)13-11/h3H,1,4-7H2,2H3. The highest BCUT2D eigenvalue weighted by molar-refractivity contribution is 5.97. The van der Waals surface area contributed by atoms with Crippen molar-refractivity contribution in [3.05, 3.63) is 24.0 Å². The molecule has 0 N–H and O–H groups in total. The van der Waals surface area contributed by atoms with Crippen molar-refractivity contribution in [3.63, 3.8) is 0 Å². The zero-order valence-electron chi connectivity index (χ0n) is 7.93. The molecule has 0 radical (unpaired) electrons. The third kappa shape index (κ3) is 1.30. The summed E-state index contributed by atoms with van der Waals surface area (Å²) in [5.74, 6) is 1.19. The third-order valence-corrected chi connectivity index (χ3v) is 2.80. The summed E-state index contributed by atoms with van der Waals surface area (Å²) in [4.78, 5) is 11.5. The van der Waals surface area contributed by atoms with E-state index in [4.69, 9.17) is 4.74 Å². The molecule has 1 heterocycles. The maximum absolute atomic E-state index is 11.5. The molecule has 0 fully saturated rings. The molecule has 70 valence electrons. The Kier molecular flexibility index (Phi) is 1.79. The number of Topliss-reactive ketones (excluding diaryl/α,β-unsaturated/α-hetero) is 1. The molecule has 0 saturated heterocycles. The number of ketones is 1. The van der Waals surface area contributed by atoms with Gasteiger partial charge in [-0.25, -0.2) is 0 Å². The molecule has 2 heteroatoms. The van der Waals surface area contributed by atoms with Crippen LogP contribution in [0.4, 0.5) is 0 Å². The molecule has 0 amide bonds. The Hall–Kier alpha value is -1.05. The SMILES string of the molecule is C=CC1(C)CC2=C(CCCC2=O)O1. The first-order valence-corrected chi connectivity index (χ1v) is 4.72. The smallest absolute Gasteiger partial charge is 0.162 e. The summed E-state index contributed by atoms with van der Waals surface area (Å²) < 4.78 is 5.71. The van der Waals surface area contributed by atoms with E-state index in [1.165, 1.54) is 0 Å². The first-order valence-electron chi connectivity index (χ1n) is 4.72. The van der Waals surface area contributed by atoms with Crippen molar-refractivity contribution in [1.29, 1.82) is 0 Å². The normalized spacial score (nSPS) is 32.8. The highest BCUT2D eigenvalue weighted by atomic mass is 16.5. The van der Waals surface area contributed by atoms with Gasteiger partial charge in [-0.2, -0.15) is 0 Å². The van der Waals surface area contributed by atoms with Gasteiger partial charge in [0.15, 0.2) is 5.78 Å². The molecule has 1 aliphatic carbocycles. The van der Waals surface area contributed by atoms with Crippen molar-refractivity contribution in [1.82, 2.24) is 0 Å². The summed E-state index contributed by atoms with van der Waals surface area (Å²) in [6, 6.07) is 0. The number of carbonyl (C=O) groups excluding carboxylic acids is 1. The Morgan fingerprint density at radius 3 is 2.92 bits per heavy atom. The van der Waals surface area contributed by atoms with Crippen LogP contribution >= 0.6 is 0 Å². The summed E-state index contributed by atoms with van der Waals surface area (Å²) in [5, 5.41) is 0. The van der Waals surface area contributed by atoms with Gasteiger partial charge in [0.1, 0.15) is 11.4 Å². The van der Waals surface area contributed by atoms with Crippen LogP contribution in [0.1, 0.15) is 32.6 Å². The number of allylic oxidation sites excluding steroid dienone is 1. The number of hydrogen-bond donors (Lipinski definition) is 0. The highest BCUT2D eigenvalue weighted by Crippen LogP contribution is 2.40. The number of ether oxygens (including phenoxy) is 1. The van der Waals surface area contributed by atoms with E-state index in [-0.39, 0.29) is 11.4 Å². The molecule has 2 aliphatic rings. The monoisotopic (exact) mass is 178 g/mol. The van der Waals surface area contributed by atoms with Crippen molar-refractivity contribution in [2.24, 2.45) is 0 Å². The lowest BCUT2D eigenvalue weighted by Crippen LogP contribution is -2.20. The van der Waals surface area contributed by atoms with E-state index >= 15 is 0 Å². The third-order valence-electron chi connectivity index (χ3n) is 2.80. The van der Waals surface area contributed by atoms with E-state index in [9.17, 15) is 4.79 Å². The maximum Gasteiger partial charge on any atom is 0.162 e. The molecule has 0 aromatic carbocycles. The lowest BCUT2D eigenvalue weighted by atomic mass is 9.91. The van der Waals surface area contributed by atoms with Gasteiger partial charge < -0.3 is 4.74 Å². The second-order valence-corrected chi connectivity index (χ2v) is 3.97. The van der Waals surface area contributed by atoms with E-state index in [1.807, 2.05) is 6.92 Å². The van der Waals surface area contributed by atoms with E-state index in [1.54, 1.807) is 6.08 Å². The fourth-order valence-electron chi connectivity index (χ4n) is 1.96. The van der Waals surface area contributed by atoms with Crippen molar-refractivity contribution < 1.29 is 9.53 Å². The zero-order chi connectivity index (χ0) is 9.47. The van der Waals surface area contributed by atoms with Crippen molar-refractivity contribution >= 4 is 5.78 Å². The fourth-order valence-corrected chi connectivity index (χ4v) is 1.96. The first-order chi connectivity index (χ1) is 6.14. The molecule has 13 heavy (non-hydrogen) atoms. The van der Waals surface area contributed by atoms with Gasteiger partial charge in [-0.3, -0.25) is 4.79 Å². The van der Waals surface area contributed by atoms with Gasteiger partial charge in [-0.15, -0.1) is 0 Å². The van der Waals surface area contributed by atoms with Gasteiger partial charge in [0.05, 0.1) is 0 Å². The first kappa shape index (κ1) is 8.54. The molecule has 0 aromatic rings. The van der Waals surface area contributed by atoms with Gasteiger partial charge in [0.25, 0.3) is 0 Å². The average Bonchev–Trinajstić information content (AvgIpc) is 2.45. The largest absolute Gasteiger partial charge is 0.487 e. The topological polar surface area (TPSA) is 26.3 Å². The molecule has 0 spiro atoms. The van der Waals surface area contributed by atoms with Gasteiger partial charge in [0.2, 0.25) is 0 Å². The maximum atomic E-state index is 11.5. The van der Waals surface area contributed by atoms with Crippen LogP contribution in [0, 0.1) is 0 Å². The lowest BCUT2D eigenvalue weighted by Gasteiger charge is -2.20. The van der Waals surface area contributed by atoms with Gasteiger partial charge >= 0.3 is 0 Å². The van der Waals surface area contributed by atoms with Gasteiger partial charge in [0, 0.05) is 24.8 Å². The predicted octanol–water partition coefficient (Wildman–Crippen LogP) is 2.36. The Morgan fingerprint density at radius 1 is 1.54 bits per heavy atom. The van der Waals surface area contributed by atoms with Gasteiger partial charge in [-0.05, 0) is 19.4 Å². The van der Waals surface area contributed by atoms with Crippen LogP contribution in [0.2, 0.25) is 0 Å². The molecule has 1 atom stereocenters. The Bertz CT molecular complexity index is 301. The van der Waals surface area contributed by atoms with E-state index in [2.05, 4.69) is 6.58 Å².